The Morgan fingerprint density at radius 3 is 2.52 bits per heavy atom. The molecule has 0 amide bonds. The van der Waals surface area contributed by atoms with Crippen LogP contribution in [0.3, 0.4) is 0 Å². The molecule has 1 fully saturated rings. The molecule has 0 bridgehead atoms. The van der Waals surface area contributed by atoms with Crippen LogP contribution in [-0.4, -0.2) is 73.9 Å². The number of halogens is 2. The van der Waals surface area contributed by atoms with E-state index in [0.717, 1.165) is 70.1 Å². The highest BCUT2D eigenvalue weighted by Gasteiger charge is 2.39. The van der Waals surface area contributed by atoms with Gasteiger partial charge in [0.15, 0.2) is 0 Å². The van der Waals surface area contributed by atoms with Crippen LogP contribution in [0, 0.1) is 18.3 Å². The van der Waals surface area contributed by atoms with E-state index >= 15 is 0 Å². The van der Waals surface area contributed by atoms with Crippen LogP contribution in [0.1, 0.15) is 96.6 Å². The highest BCUT2D eigenvalue weighted by atomic mass is 35.5. The number of carbonyl (C=O) groups excluding carboxylic acids is 1. The normalized spacial score (nSPS) is 19.6. The third-order valence-electron chi connectivity index (χ3n) is 9.05. The maximum Gasteiger partial charge on any atom is 0.311 e. The minimum Gasteiger partial charge on any atom is -0.483 e. The van der Waals surface area contributed by atoms with E-state index in [4.69, 9.17) is 20.6 Å². The first-order chi connectivity index (χ1) is 19.2. The molecule has 3 aliphatic heterocycles. The van der Waals surface area contributed by atoms with Crippen molar-refractivity contribution in [3.05, 3.63) is 28.8 Å². The van der Waals surface area contributed by atoms with Crippen LogP contribution in [0.4, 0.5) is 0 Å². The van der Waals surface area contributed by atoms with Crippen molar-refractivity contribution in [2.45, 2.75) is 91.1 Å². The van der Waals surface area contributed by atoms with Crippen LogP contribution >= 0.6 is 24.8 Å². The van der Waals surface area contributed by atoms with Crippen molar-refractivity contribution in [1.29, 1.82) is 0 Å². The SMILES string of the molecule is C#CCN1CCC2=C(C1)c1c(OC(=O)CCCN3CCOCC3)cc(C(C)C(C)CCCCC)cc1OC2(C)C.Cl.Cl. The summed E-state index contributed by atoms with van der Waals surface area (Å²) in [6.07, 6.45) is 12.7. The molecule has 2 atom stereocenters. The van der Waals surface area contributed by atoms with Gasteiger partial charge in [-0.25, -0.2) is 0 Å². The summed E-state index contributed by atoms with van der Waals surface area (Å²) >= 11 is 0. The fourth-order valence-electron chi connectivity index (χ4n) is 6.39. The molecule has 4 rings (SSSR count). The van der Waals surface area contributed by atoms with Crippen molar-refractivity contribution in [2.24, 2.45) is 5.92 Å². The van der Waals surface area contributed by atoms with Gasteiger partial charge in [-0.05, 0) is 73.9 Å². The van der Waals surface area contributed by atoms with Crippen molar-refractivity contribution in [2.75, 3.05) is 52.5 Å². The second-order valence-electron chi connectivity index (χ2n) is 12.4. The number of hydrogen-bond acceptors (Lipinski definition) is 6. The number of ether oxygens (including phenoxy) is 3. The highest BCUT2D eigenvalue weighted by molar-refractivity contribution is 5.86. The molecular formula is C34H52Cl2N2O4. The van der Waals surface area contributed by atoms with Gasteiger partial charge in [0.05, 0.1) is 25.3 Å². The largest absolute Gasteiger partial charge is 0.483 e. The first kappa shape index (κ1) is 36.4. The molecule has 0 aromatic heterocycles. The number of unbranched alkanes of at least 4 members (excludes halogenated alkanes) is 2. The maximum atomic E-state index is 13.2. The van der Waals surface area contributed by atoms with Gasteiger partial charge in [0.1, 0.15) is 17.1 Å². The molecule has 8 heteroatoms. The van der Waals surface area contributed by atoms with Gasteiger partial charge in [-0.1, -0.05) is 52.4 Å². The quantitative estimate of drug-likeness (QED) is 0.107. The van der Waals surface area contributed by atoms with Crippen LogP contribution in [0.25, 0.3) is 5.57 Å². The molecule has 0 N–H and O–H groups in total. The van der Waals surface area contributed by atoms with Gasteiger partial charge >= 0.3 is 5.97 Å². The van der Waals surface area contributed by atoms with E-state index in [0.29, 0.717) is 30.6 Å². The lowest BCUT2D eigenvalue weighted by Crippen LogP contribution is -2.42. The molecule has 236 valence electrons. The molecule has 0 saturated carbocycles. The first-order valence-corrected chi connectivity index (χ1v) is 15.5. The summed E-state index contributed by atoms with van der Waals surface area (Å²) in [5.41, 5.74) is 4.19. The topological polar surface area (TPSA) is 51.2 Å². The smallest absolute Gasteiger partial charge is 0.311 e. The molecule has 3 heterocycles. The Balaban J connectivity index is 0.00000308. The van der Waals surface area contributed by atoms with E-state index in [2.05, 4.69) is 62.5 Å². The lowest BCUT2D eigenvalue weighted by atomic mass is 9.79. The van der Waals surface area contributed by atoms with E-state index < -0.39 is 5.60 Å². The lowest BCUT2D eigenvalue weighted by Gasteiger charge is -2.42. The zero-order chi connectivity index (χ0) is 28.7. The van der Waals surface area contributed by atoms with Crippen LogP contribution < -0.4 is 9.47 Å². The zero-order valence-corrected chi connectivity index (χ0v) is 28.0. The molecule has 1 aromatic carbocycles. The monoisotopic (exact) mass is 622 g/mol. The number of terminal acetylenes is 1. The maximum absolute atomic E-state index is 13.2. The predicted octanol–water partition coefficient (Wildman–Crippen LogP) is 7.13. The van der Waals surface area contributed by atoms with E-state index in [1.807, 2.05) is 0 Å². The summed E-state index contributed by atoms with van der Waals surface area (Å²) < 4.78 is 18.4. The Bertz CT molecular complexity index is 1110. The third kappa shape index (κ3) is 9.13. The summed E-state index contributed by atoms with van der Waals surface area (Å²) in [5, 5.41) is 0. The molecule has 0 radical (unpaired) electrons. The fraction of sp³-hybridized carbons (Fsp3) is 0.676. The number of carbonyl (C=O) groups is 1. The fourth-order valence-corrected chi connectivity index (χ4v) is 6.39. The molecule has 1 saturated heterocycles. The standard InChI is InChI=1S/C34H50N2O4.2ClH/c1-7-9-10-12-25(3)26(4)27-22-30(39-32(37)13-11-16-35-18-20-38-21-19-35)33-28-24-36(15-8-2)17-14-29(28)34(5,6)40-31(33)23-27;;/h2,22-23,25-26H,7,9-21,24H2,1,3-6H3;2*1H. The minimum absolute atomic E-state index is 0. The molecule has 0 aliphatic carbocycles. The summed E-state index contributed by atoms with van der Waals surface area (Å²) in [6.45, 7) is 17.7. The van der Waals surface area contributed by atoms with Gasteiger partial charge in [0, 0.05) is 32.6 Å². The molecule has 42 heavy (non-hydrogen) atoms. The van der Waals surface area contributed by atoms with Crippen LogP contribution in [0.15, 0.2) is 17.7 Å². The van der Waals surface area contributed by atoms with Crippen molar-refractivity contribution in [1.82, 2.24) is 9.80 Å². The lowest BCUT2D eigenvalue weighted by molar-refractivity contribution is -0.134. The van der Waals surface area contributed by atoms with Gasteiger partial charge < -0.3 is 14.2 Å². The molecule has 3 aliphatic rings. The number of esters is 1. The zero-order valence-electron chi connectivity index (χ0n) is 26.3. The Morgan fingerprint density at radius 2 is 1.83 bits per heavy atom. The second kappa shape index (κ2) is 16.9. The van der Waals surface area contributed by atoms with Gasteiger partial charge in [-0.2, -0.15) is 0 Å². The Kier molecular flexibility index (Phi) is 14.7. The van der Waals surface area contributed by atoms with Crippen molar-refractivity contribution in [3.8, 4) is 23.8 Å². The molecule has 1 aromatic rings. The molecular weight excluding hydrogens is 571 g/mol. The van der Waals surface area contributed by atoms with Crippen molar-refractivity contribution >= 4 is 36.4 Å². The molecule has 0 spiro atoms. The van der Waals surface area contributed by atoms with Crippen molar-refractivity contribution in [3.63, 3.8) is 0 Å². The van der Waals surface area contributed by atoms with E-state index in [1.165, 1.54) is 42.4 Å². The number of morpholine rings is 1. The number of rotatable bonds is 12. The van der Waals surface area contributed by atoms with Gasteiger partial charge in [-0.3, -0.25) is 14.6 Å². The predicted molar refractivity (Wildman–Crippen MR) is 176 cm³/mol. The third-order valence-corrected chi connectivity index (χ3v) is 9.05. The number of fused-ring (bicyclic) bond motifs is 2. The van der Waals surface area contributed by atoms with Crippen LogP contribution in [-0.2, 0) is 9.53 Å². The average molecular weight is 624 g/mol. The minimum atomic E-state index is -0.418. The van der Waals surface area contributed by atoms with Crippen molar-refractivity contribution < 1.29 is 19.0 Å². The molecule has 6 nitrogen and oxygen atoms in total. The van der Waals surface area contributed by atoms with E-state index in [1.54, 1.807) is 0 Å². The summed E-state index contributed by atoms with van der Waals surface area (Å²) in [7, 11) is 0. The second-order valence-corrected chi connectivity index (χ2v) is 12.4. The Hall–Kier alpha value is -1.75. The van der Waals surface area contributed by atoms with Crippen LogP contribution in [0.2, 0.25) is 0 Å². The summed E-state index contributed by atoms with van der Waals surface area (Å²) in [6, 6.07) is 4.32. The summed E-state index contributed by atoms with van der Waals surface area (Å²) in [5.74, 6) is 4.94. The average Bonchev–Trinajstić information content (AvgIpc) is 2.92. The highest BCUT2D eigenvalue weighted by Crippen LogP contribution is 2.49. The first-order valence-electron chi connectivity index (χ1n) is 15.5. The van der Waals surface area contributed by atoms with Gasteiger partial charge in [0.2, 0.25) is 0 Å². The Morgan fingerprint density at radius 1 is 1.10 bits per heavy atom. The number of benzene rings is 1. The van der Waals surface area contributed by atoms with E-state index in [9.17, 15) is 4.79 Å². The number of nitrogens with zero attached hydrogens (tertiary/aromatic N) is 2. The van der Waals surface area contributed by atoms with Gasteiger partial charge in [-0.15, -0.1) is 31.2 Å². The Labute approximate surface area is 266 Å². The van der Waals surface area contributed by atoms with Crippen LogP contribution in [0.5, 0.6) is 11.5 Å². The van der Waals surface area contributed by atoms with E-state index in [-0.39, 0.29) is 30.8 Å². The molecule has 2 unspecified atom stereocenters. The summed E-state index contributed by atoms with van der Waals surface area (Å²) in [4.78, 5) is 17.9. The van der Waals surface area contributed by atoms with Gasteiger partial charge in [0.25, 0.3) is 0 Å². The number of hydrogen-bond donors (Lipinski definition) is 0.